The molecule has 2 aromatic carbocycles. The lowest BCUT2D eigenvalue weighted by molar-refractivity contribution is -0.122. The number of nitrogens with one attached hydrogen (secondary N) is 2. The van der Waals surface area contributed by atoms with Crippen LogP contribution in [-0.4, -0.2) is 38.1 Å². The Labute approximate surface area is 187 Å². The van der Waals surface area contributed by atoms with Crippen LogP contribution in [-0.2, 0) is 16.6 Å². The molecule has 2 amide bonds. The summed E-state index contributed by atoms with van der Waals surface area (Å²) in [6.07, 6.45) is 0.393. The number of methoxy groups -OCH3 is 1. The van der Waals surface area contributed by atoms with E-state index in [1.165, 1.54) is 19.2 Å². The molecule has 0 bridgehead atoms. The molecule has 0 aliphatic rings. The summed E-state index contributed by atoms with van der Waals surface area (Å²) in [5.74, 6) is -0.548. The molecule has 0 spiro atoms. The van der Waals surface area contributed by atoms with Crippen LogP contribution in [0.15, 0.2) is 42.5 Å². The van der Waals surface area contributed by atoms with E-state index < -0.39 is 12.7 Å². The molecule has 1 unspecified atom stereocenters. The maximum atomic E-state index is 12.5. The van der Waals surface area contributed by atoms with E-state index in [0.29, 0.717) is 17.5 Å². The zero-order valence-corrected chi connectivity index (χ0v) is 19.0. The number of alkyl halides is 2. The summed E-state index contributed by atoms with van der Waals surface area (Å²) in [5, 5.41) is 5.41. The van der Waals surface area contributed by atoms with Crippen molar-refractivity contribution in [2.24, 2.45) is 0 Å². The van der Waals surface area contributed by atoms with Crippen LogP contribution < -0.4 is 20.1 Å². The first-order chi connectivity index (χ1) is 15.0. The molecular formula is C24H30F2N2O4. The molecule has 0 fully saturated rings. The Morgan fingerprint density at radius 3 is 2.25 bits per heavy atom. The Kier molecular flexibility index (Phi) is 8.57. The van der Waals surface area contributed by atoms with Crippen molar-refractivity contribution in [3.63, 3.8) is 0 Å². The second kappa shape index (κ2) is 10.9. The van der Waals surface area contributed by atoms with Crippen molar-refractivity contribution in [3.8, 4) is 11.5 Å². The monoisotopic (exact) mass is 448 g/mol. The number of carbonyl (C=O) groups is 2. The Balaban J connectivity index is 1.87. The van der Waals surface area contributed by atoms with Gasteiger partial charge in [-0.25, -0.2) is 0 Å². The van der Waals surface area contributed by atoms with Gasteiger partial charge in [-0.15, -0.1) is 0 Å². The molecule has 2 rings (SSSR count). The molecule has 0 aromatic heterocycles. The molecule has 0 saturated heterocycles. The Bertz CT molecular complexity index is 925. The fourth-order valence-corrected chi connectivity index (χ4v) is 3.01. The predicted octanol–water partition coefficient (Wildman–Crippen LogP) is 4.07. The summed E-state index contributed by atoms with van der Waals surface area (Å²) in [6, 6.07) is 11.2. The van der Waals surface area contributed by atoms with Crippen LogP contribution >= 0.6 is 0 Å². The third-order valence-electron chi connectivity index (χ3n) is 4.91. The van der Waals surface area contributed by atoms with E-state index in [-0.39, 0.29) is 35.3 Å². The number of hydrogen-bond acceptors (Lipinski definition) is 4. The fraction of sp³-hybridized carbons (Fsp3) is 0.417. The van der Waals surface area contributed by atoms with E-state index in [0.717, 1.165) is 5.56 Å². The van der Waals surface area contributed by atoms with Crippen molar-refractivity contribution in [2.75, 3.05) is 13.7 Å². The molecule has 2 N–H and O–H groups in total. The van der Waals surface area contributed by atoms with E-state index in [4.69, 9.17) is 4.74 Å². The van der Waals surface area contributed by atoms with Crippen molar-refractivity contribution in [1.82, 2.24) is 10.6 Å². The third kappa shape index (κ3) is 7.21. The average Bonchev–Trinajstić information content (AvgIpc) is 2.72. The first-order valence-electron chi connectivity index (χ1n) is 10.3. The Morgan fingerprint density at radius 2 is 1.69 bits per heavy atom. The van der Waals surface area contributed by atoms with Gasteiger partial charge in [0.1, 0.15) is 6.04 Å². The largest absolute Gasteiger partial charge is 0.493 e. The molecule has 2 aromatic rings. The van der Waals surface area contributed by atoms with Crippen molar-refractivity contribution < 1.29 is 27.8 Å². The fourth-order valence-electron chi connectivity index (χ4n) is 3.01. The van der Waals surface area contributed by atoms with Crippen LogP contribution in [0, 0.1) is 0 Å². The third-order valence-corrected chi connectivity index (χ3v) is 4.91. The van der Waals surface area contributed by atoms with Gasteiger partial charge >= 0.3 is 6.61 Å². The topological polar surface area (TPSA) is 76.7 Å². The van der Waals surface area contributed by atoms with Gasteiger partial charge in [0.05, 0.1) is 7.11 Å². The van der Waals surface area contributed by atoms with Gasteiger partial charge in [0.15, 0.2) is 11.5 Å². The molecule has 0 aliphatic heterocycles. The quantitative estimate of drug-likeness (QED) is 0.606. The molecule has 0 radical (unpaired) electrons. The molecule has 1 atom stereocenters. The maximum Gasteiger partial charge on any atom is 0.387 e. The molecule has 8 heteroatoms. The summed E-state index contributed by atoms with van der Waals surface area (Å²) in [4.78, 5) is 24.8. The number of hydrogen-bond donors (Lipinski definition) is 2. The lowest BCUT2D eigenvalue weighted by Gasteiger charge is -2.19. The van der Waals surface area contributed by atoms with Gasteiger partial charge in [-0.2, -0.15) is 8.78 Å². The number of carbonyl (C=O) groups excluding carboxylic acids is 2. The Hall–Kier alpha value is -3.16. The minimum atomic E-state index is -2.96. The zero-order chi connectivity index (χ0) is 23.9. The molecule has 0 aliphatic carbocycles. The maximum absolute atomic E-state index is 12.5. The SMILES string of the molecule is COc1ccc(CCNC(=O)C(C)NC(=O)c2ccc(C(C)(C)C)cc2)cc1OC(F)F. The molecular weight excluding hydrogens is 418 g/mol. The minimum absolute atomic E-state index is 0.0155. The van der Waals surface area contributed by atoms with Crippen molar-refractivity contribution in [1.29, 1.82) is 0 Å². The van der Waals surface area contributed by atoms with E-state index >= 15 is 0 Å². The van der Waals surface area contributed by atoms with E-state index in [9.17, 15) is 18.4 Å². The lowest BCUT2D eigenvalue weighted by atomic mass is 9.86. The van der Waals surface area contributed by atoms with E-state index in [1.807, 2.05) is 12.1 Å². The van der Waals surface area contributed by atoms with Crippen molar-refractivity contribution >= 4 is 11.8 Å². The smallest absolute Gasteiger partial charge is 0.387 e. The highest BCUT2D eigenvalue weighted by molar-refractivity contribution is 5.97. The summed E-state index contributed by atoms with van der Waals surface area (Å²) >= 11 is 0. The van der Waals surface area contributed by atoms with Crippen LogP contribution in [0.3, 0.4) is 0 Å². The normalized spacial score (nSPS) is 12.2. The van der Waals surface area contributed by atoms with Crippen molar-refractivity contribution in [2.45, 2.75) is 52.2 Å². The molecule has 0 heterocycles. The van der Waals surface area contributed by atoms with Gasteiger partial charge in [0, 0.05) is 12.1 Å². The molecule has 6 nitrogen and oxygen atoms in total. The van der Waals surface area contributed by atoms with Gasteiger partial charge in [0.2, 0.25) is 5.91 Å². The average molecular weight is 449 g/mol. The van der Waals surface area contributed by atoms with Gasteiger partial charge in [0.25, 0.3) is 5.91 Å². The molecule has 174 valence electrons. The number of benzene rings is 2. The molecule has 0 saturated carbocycles. The molecule has 32 heavy (non-hydrogen) atoms. The number of halogens is 2. The van der Waals surface area contributed by atoms with E-state index in [2.05, 4.69) is 36.1 Å². The van der Waals surface area contributed by atoms with Crippen LogP contribution in [0.4, 0.5) is 8.78 Å². The van der Waals surface area contributed by atoms with Gasteiger partial charge < -0.3 is 20.1 Å². The first-order valence-corrected chi connectivity index (χ1v) is 10.3. The number of ether oxygens (including phenoxy) is 2. The highest BCUT2D eigenvalue weighted by Gasteiger charge is 2.18. The summed E-state index contributed by atoms with van der Waals surface area (Å²) in [7, 11) is 1.36. The summed E-state index contributed by atoms with van der Waals surface area (Å²) in [5.41, 5.74) is 2.26. The zero-order valence-electron chi connectivity index (χ0n) is 19.0. The Morgan fingerprint density at radius 1 is 1.03 bits per heavy atom. The highest BCUT2D eigenvalue weighted by Crippen LogP contribution is 2.29. The first kappa shape index (κ1) is 25.1. The van der Waals surface area contributed by atoms with Crippen LogP contribution in [0.2, 0.25) is 0 Å². The summed E-state index contributed by atoms with van der Waals surface area (Å²) < 4.78 is 34.6. The van der Waals surface area contributed by atoms with Crippen LogP contribution in [0.25, 0.3) is 0 Å². The van der Waals surface area contributed by atoms with E-state index in [1.54, 1.807) is 25.1 Å². The highest BCUT2D eigenvalue weighted by atomic mass is 19.3. The summed E-state index contributed by atoms with van der Waals surface area (Å²) in [6.45, 7) is 5.17. The van der Waals surface area contributed by atoms with Gasteiger partial charge in [-0.1, -0.05) is 39.0 Å². The van der Waals surface area contributed by atoms with Crippen molar-refractivity contribution in [3.05, 3.63) is 59.2 Å². The number of amides is 2. The van der Waals surface area contributed by atoms with Gasteiger partial charge in [-0.05, 0) is 54.2 Å². The lowest BCUT2D eigenvalue weighted by Crippen LogP contribution is -2.45. The van der Waals surface area contributed by atoms with Crippen LogP contribution in [0.1, 0.15) is 49.2 Å². The second-order valence-corrected chi connectivity index (χ2v) is 8.43. The van der Waals surface area contributed by atoms with Crippen LogP contribution in [0.5, 0.6) is 11.5 Å². The number of rotatable bonds is 9. The second-order valence-electron chi connectivity index (χ2n) is 8.43. The predicted molar refractivity (Wildman–Crippen MR) is 118 cm³/mol. The van der Waals surface area contributed by atoms with Gasteiger partial charge in [-0.3, -0.25) is 9.59 Å². The minimum Gasteiger partial charge on any atom is -0.493 e. The standard InChI is InChI=1S/C24H30F2N2O4/c1-15(28-22(30)17-7-9-18(10-8-17)24(2,3)4)21(29)27-13-12-16-6-11-19(31-5)20(14-16)32-23(25)26/h6-11,14-15,23H,12-13H2,1-5H3,(H,27,29)(H,28,30).